The Kier molecular flexibility index (Phi) is 5.10. The predicted molar refractivity (Wildman–Crippen MR) is 87.1 cm³/mol. The fourth-order valence-electron chi connectivity index (χ4n) is 2.44. The summed E-state index contributed by atoms with van der Waals surface area (Å²) in [5, 5.41) is 21.3. The number of nitrogens with one attached hydrogen (secondary N) is 1. The summed E-state index contributed by atoms with van der Waals surface area (Å²) in [7, 11) is 0. The van der Waals surface area contributed by atoms with Crippen LogP contribution in [-0.4, -0.2) is 46.3 Å². The molecule has 1 fully saturated rings. The van der Waals surface area contributed by atoms with Crippen molar-refractivity contribution in [3.8, 4) is 6.07 Å². The molecule has 7 nitrogen and oxygen atoms in total. The zero-order valence-corrected chi connectivity index (χ0v) is 13.9. The number of carbonyl (C=O) groups is 2. The highest BCUT2D eigenvalue weighted by molar-refractivity contribution is 5.97. The number of nitriles is 1. The van der Waals surface area contributed by atoms with E-state index in [1.54, 1.807) is 45.0 Å². The Balaban J connectivity index is 2.08. The molecule has 7 heteroatoms. The van der Waals surface area contributed by atoms with E-state index in [2.05, 4.69) is 5.32 Å². The van der Waals surface area contributed by atoms with Gasteiger partial charge in [0.15, 0.2) is 0 Å². The molecule has 0 aromatic heterocycles. The van der Waals surface area contributed by atoms with Crippen molar-refractivity contribution >= 4 is 17.7 Å². The monoisotopic (exact) mass is 331 g/mol. The first-order chi connectivity index (χ1) is 11.2. The zero-order valence-electron chi connectivity index (χ0n) is 13.9. The maximum absolute atomic E-state index is 12.5. The van der Waals surface area contributed by atoms with Crippen molar-refractivity contribution in [3.63, 3.8) is 0 Å². The number of amides is 2. The molecule has 2 atom stereocenters. The molecular formula is C17H21N3O4. The molecular weight excluding hydrogens is 310 g/mol. The molecule has 2 rings (SSSR count). The van der Waals surface area contributed by atoms with Crippen molar-refractivity contribution in [1.29, 1.82) is 5.26 Å². The summed E-state index contributed by atoms with van der Waals surface area (Å²) in [4.78, 5) is 25.9. The van der Waals surface area contributed by atoms with Crippen molar-refractivity contribution in [2.75, 3.05) is 11.9 Å². The molecule has 1 aromatic rings. The van der Waals surface area contributed by atoms with Gasteiger partial charge in [0.05, 0.1) is 24.3 Å². The molecule has 2 amide bonds. The predicted octanol–water partition coefficient (Wildman–Crippen LogP) is 1.87. The summed E-state index contributed by atoms with van der Waals surface area (Å²) in [6, 6.07) is 7.59. The van der Waals surface area contributed by atoms with Gasteiger partial charge in [0.2, 0.25) is 5.91 Å². The van der Waals surface area contributed by atoms with E-state index in [-0.39, 0.29) is 13.0 Å². The Morgan fingerprint density at radius 2 is 1.96 bits per heavy atom. The largest absolute Gasteiger partial charge is 0.444 e. The van der Waals surface area contributed by atoms with Gasteiger partial charge < -0.3 is 15.2 Å². The second-order valence-electron chi connectivity index (χ2n) is 6.72. The molecule has 1 saturated heterocycles. The molecule has 0 radical (unpaired) electrons. The minimum absolute atomic E-state index is 0.0559. The maximum atomic E-state index is 12.5. The summed E-state index contributed by atoms with van der Waals surface area (Å²) in [6.07, 6.45) is -1.24. The summed E-state index contributed by atoms with van der Waals surface area (Å²) in [5.74, 6) is -0.401. The highest BCUT2D eigenvalue weighted by Crippen LogP contribution is 2.23. The quantitative estimate of drug-likeness (QED) is 0.861. The molecule has 1 aromatic carbocycles. The van der Waals surface area contributed by atoms with Gasteiger partial charge in [-0.2, -0.15) is 5.26 Å². The van der Waals surface area contributed by atoms with Gasteiger partial charge in [0, 0.05) is 12.1 Å². The zero-order chi connectivity index (χ0) is 17.9. The number of β-amino-alcohol motifs (C(OH)–C–C–N with tert-alkyl or cyclic N) is 1. The molecule has 2 N–H and O–H groups in total. The number of anilines is 1. The van der Waals surface area contributed by atoms with Gasteiger partial charge in [0.25, 0.3) is 0 Å². The Bertz CT molecular complexity index is 658. The van der Waals surface area contributed by atoms with Crippen LogP contribution in [0.5, 0.6) is 0 Å². The lowest BCUT2D eigenvalue weighted by Gasteiger charge is -2.27. The van der Waals surface area contributed by atoms with Crippen molar-refractivity contribution < 1.29 is 19.4 Å². The molecule has 1 aliphatic heterocycles. The van der Waals surface area contributed by atoms with Gasteiger partial charge >= 0.3 is 6.09 Å². The molecule has 24 heavy (non-hydrogen) atoms. The third-order valence-electron chi connectivity index (χ3n) is 3.49. The number of likely N-dealkylation sites (tertiary alicyclic amines) is 1. The van der Waals surface area contributed by atoms with E-state index < -0.39 is 29.7 Å². The van der Waals surface area contributed by atoms with Crippen LogP contribution in [0.1, 0.15) is 32.8 Å². The summed E-state index contributed by atoms with van der Waals surface area (Å²) >= 11 is 0. The van der Waals surface area contributed by atoms with Gasteiger partial charge in [-0.05, 0) is 45.0 Å². The summed E-state index contributed by atoms with van der Waals surface area (Å²) < 4.78 is 5.29. The number of aliphatic hydroxyl groups excluding tert-OH is 1. The van der Waals surface area contributed by atoms with Crippen molar-refractivity contribution in [2.24, 2.45) is 0 Å². The van der Waals surface area contributed by atoms with E-state index in [1.165, 1.54) is 4.90 Å². The second kappa shape index (κ2) is 6.89. The highest BCUT2D eigenvalue weighted by atomic mass is 16.6. The normalized spacial score (nSPS) is 20.4. The maximum Gasteiger partial charge on any atom is 0.411 e. The number of aliphatic hydroxyl groups is 1. The summed E-state index contributed by atoms with van der Waals surface area (Å²) in [6.45, 7) is 5.27. The third-order valence-corrected chi connectivity index (χ3v) is 3.49. The fraction of sp³-hybridized carbons (Fsp3) is 0.471. The fourth-order valence-corrected chi connectivity index (χ4v) is 2.44. The van der Waals surface area contributed by atoms with E-state index in [4.69, 9.17) is 10.00 Å². The molecule has 128 valence electrons. The van der Waals surface area contributed by atoms with E-state index in [0.717, 1.165) is 0 Å². The average Bonchev–Trinajstić information content (AvgIpc) is 2.88. The average molecular weight is 331 g/mol. The first-order valence-electron chi connectivity index (χ1n) is 7.68. The standard InChI is InChI=1S/C17H21N3O4/c1-17(2,3)24-16(23)20-10-13(21)8-14(20)15(22)19-12-6-4-11(9-18)5-7-12/h4-7,13-14,21H,8,10H2,1-3H3,(H,19,22)/t13-,14-/m1/s1. The van der Waals surface area contributed by atoms with Gasteiger partial charge in [-0.15, -0.1) is 0 Å². The first kappa shape index (κ1) is 17.8. The van der Waals surface area contributed by atoms with Crippen LogP contribution in [0.15, 0.2) is 24.3 Å². The third kappa shape index (κ3) is 4.46. The van der Waals surface area contributed by atoms with Crippen LogP contribution in [0.25, 0.3) is 0 Å². The van der Waals surface area contributed by atoms with Crippen LogP contribution in [-0.2, 0) is 9.53 Å². The van der Waals surface area contributed by atoms with E-state index in [9.17, 15) is 14.7 Å². The molecule has 0 spiro atoms. The van der Waals surface area contributed by atoms with Crippen LogP contribution in [0.2, 0.25) is 0 Å². The molecule has 1 heterocycles. The lowest BCUT2D eigenvalue weighted by molar-refractivity contribution is -0.120. The van der Waals surface area contributed by atoms with E-state index in [0.29, 0.717) is 11.3 Å². The van der Waals surface area contributed by atoms with Crippen LogP contribution in [0.4, 0.5) is 10.5 Å². The van der Waals surface area contributed by atoms with E-state index >= 15 is 0 Å². The SMILES string of the molecule is CC(C)(C)OC(=O)N1C[C@H](O)C[C@@H]1C(=O)Nc1ccc(C#N)cc1. The van der Waals surface area contributed by atoms with Crippen LogP contribution >= 0.6 is 0 Å². The van der Waals surface area contributed by atoms with Crippen molar-refractivity contribution in [2.45, 2.75) is 44.9 Å². The molecule has 1 aliphatic rings. The Morgan fingerprint density at radius 1 is 1.33 bits per heavy atom. The Hall–Kier alpha value is -2.59. The van der Waals surface area contributed by atoms with Gasteiger partial charge in [-0.3, -0.25) is 9.69 Å². The van der Waals surface area contributed by atoms with Crippen molar-refractivity contribution in [1.82, 2.24) is 4.90 Å². The number of nitrogens with zero attached hydrogens (tertiary/aromatic N) is 2. The van der Waals surface area contributed by atoms with Gasteiger partial charge in [-0.1, -0.05) is 0 Å². The number of benzene rings is 1. The minimum Gasteiger partial charge on any atom is -0.444 e. The smallest absolute Gasteiger partial charge is 0.411 e. The Labute approximate surface area is 140 Å². The molecule has 0 bridgehead atoms. The van der Waals surface area contributed by atoms with Crippen LogP contribution in [0.3, 0.4) is 0 Å². The first-order valence-corrected chi connectivity index (χ1v) is 7.68. The van der Waals surface area contributed by atoms with Crippen LogP contribution in [0, 0.1) is 11.3 Å². The summed E-state index contributed by atoms with van der Waals surface area (Å²) in [5.41, 5.74) is 0.322. The number of hydrogen-bond acceptors (Lipinski definition) is 5. The second-order valence-corrected chi connectivity index (χ2v) is 6.72. The van der Waals surface area contributed by atoms with Gasteiger partial charge in [0.1, 0.15) is 11.6 Å². The number of ether oxygens (including phenoxy) is 1. The molecule has 0 aliphatic carbocycles. The number of hydrogen-bond donors (Lipinski definition) is 2. The minimum atomic E-state index is -0.800. The van der Waals surface area contributed by atoms with E-state index in [1.807, 2.05) is 6.07 Å². The number of carbonyl (C=O) groups excluding carboxylic acids is 2. The topological polar surface area (TPSA) is 103 Å². The molecule has 0 unspecified atom stereocenters. The van der Waals surface area contributed by atoms with Gasteiger partial charge in [-0.25, -0.2) is 4.79 Å². The number of rotatable bonds is 2. The van der Waals surface area contributed by atoms with Crippen LogP contribution < -0.4 is 5.32 Å². The molecule has 0 saturated carbocycles. The van der Waals surface area contributed by atoms with Crippen molar-refractivity contribution in [3.05, 3.63) is 29.8 Å². The highest BCUT2D eigenvalue weighted by Gasteiger charge is 2.40. The lowest BCUT2D eigenvalue weighted by Crippen LogP contribution is -2.45. The Morgan fingerprint density at radius 3 is 2.50 bits per heavy atom. The lowest BCUT2D eigenvalue weighted by atomic mass is 10.1.